The number of aliphatic hydroxyl groups excluding tert-OH is 1. The first-order valence-electron chi connectivity index (χ1n) is 6.24. The van der Waals surface area contributed by atoms with Crippen LogP contribution in [0.4, 0.5) is 13.2 Å². The second-order valence-corrected chi connectivity index (χ2v) is 4.79. The molecule has 0 amide bonds. The Balaban J connectivity index is 2.44. The van der Waals surface area contributed by atoms with Crippen LogP contribution in [-0.4, -0.2) is 54.0 Å². The maximum atomic E-state index is 12.3. The van der Waals surface area contributed by atoms with Gasteiger partial charge in [-0.05, 0) is 24.3 Å². The van der Waals surface area contributed by atoms with Crippen LogP contribution < -0.4 is 10.5 Å². The van der Waals surface area contributed by atoms with Crippen molar-refractivity contribution in [1.82, 2.24) is 4.90 Å². The molecule has 8 heteroatoms. The van der Waals surface area contributed by atoms with Crippen LogP contribution in [0.2, 0.25) is 0 Å². The minimum absolute atomic E-state index is 0.0523. The van der Waals surface area contributed by atoms with Crippen molar-refractivity contribution in [2.75, 3.05) is 32.8 Å². The van der Waals surface area contributed by atoms with Gasteiger partial charge in [-0.2, -0.15) is 13.2 Å². The lowest BCUT2D eigenvalue weighted by Crippen LogP contribution is -2.38. The molecule has 0 unspecified atom stereocenters. The van der Waals surface area contributed by atoms with E-state index in [0.717, 1.165) is 4.90 Å². The molecule has 118 valence electrons. The van der Waals surface area contributed by atoms with E-state index < -0.39 is 12.7 Å². The summed E-state index contributed by atoms with van der Waals surface area (Å²) in [5.74, 6) is 0.519. The molecule has 0 heterocycles. The number of ether oxygens (including phenoxy) is 1. The highest BCUT2D eigenvalue weighted by Crippen LogP contribution is 2.16. The van der Waals surface area contributed by atoms with Gasteiger partial charge in [-0.25, -0.2) is 0 Å². The van der Waals surface area contributed by atoms with Crippen molar-refractivity contribution < 1.29 is 23.0 Å². The lowest BCUT2D eigenvalue weighted by molar-refractivity contribution is -0.147. The predicted octanol–water partition coefficient (Wildman–Crippen LogP) is 1.56. The molecule has 1 rings (SSSR count). The molecule has 3 N–H and O–H groups in total. The Labute approximate surface area is 126 Å². The topological polar surface area (TPSA) is 58.7 Å². The van der Waals surface area contributed by atoms with Crippen LogP contribution in [0.15, 0.2) is 24.3 Å². The van der Waals surface area contributed by atoms with Crippen molar-refractivity contribution in [2.45, 2.75) is 6.18 Å². The molecule has 0 radical (unpaired) electrons. The monoisotopic (exact) mass is 322 g/mol. The van der Waals surface area contributed by atoms with Crippen LogP contribution in [0.5, 0.6) is 5.75 Å². The Hall–Kier alpha value is -1.38. The summed E-state index contributed by atoms with van der Waals surface area (Å²) in [6.45, 7) is -1.31. The van der Waals surface area contributed by atoms with E-state index in [9.17, 15) is 13.2 Å². The quantitative estimate of drug-likeness (QED) is 0.711. The number of thiocarbonyl (C=S) groups is 1. The van der Waals surface area contributed by atoms with Gasteiger partial charge in [-0.15, -0.1) is 0 Å². The maximum absolute atomic E-state index is 12.3. The zero-order chi connectivity index (χ0) is 15.9. The van der Waals surface area contributed by atoms with E-state index in [1.807, 2.05) is 0 Å². The minimum atomic E-state index is -4.30. The normalized spacial score (nSPS) is 11.7. The first-order chi connectivity index (χ1) is 9.81. The van der Waals surface area contributed by atoms with Gasteiger partial charge in [0.05, 0.1) is 13.2 Å². The highest BCUT2D eigenvalue weighted by molar-refractivity contribution is 7.80. The van der Waals surface area contributed by atoms with Crippen molar-refractivity contribution in [3.63, 3.8) is 0 Å². The summed E-state index contributed by atoms with van der Waals surface area (Å²) in [6, 6.07) is 6.65. The number of aliphatic hydroxyl groups is 1. The van der Waals surface area contributed by atoms with Crippen LogP contribution in [0, 0.1) is 0 Å². The highest BCUT2D eigenvalue weighted by Gasteiger charge is 2.30. The fourth-order valence-electron chi connectivity index (χ4n) is 1.67. The Bertz CT molecular complexity index is 452. The first kappa shape index (κ1) is 17.7. The Kier molecular flexibility index (Phi) is 6.86. The maximum Gasteiger partial charge on any atom is 0.401 e. The van der Waals surface area contributed by atoms with Crippen molar-refractivity contribution in [1.29, 1.82) is 0 Å². The molecule has 0 saturated carbocycles. The third kappa shape index (κ3) is 7.26. The van der Waals surface area contributed by atoms with Crippen LogP contribution >= 0.6 is 12.2 Å². The Morgan fingerprint density at radius 3 is 2.33 bits per heavy atom. The standard InChI is InChI=1S/C13H17F3N2O2S/c14-13(15,16)9-18(5-7-19)6-8-20-11-3-1-10(2-4-11)12(17)21/h1-4,19H,5-9H2,(H2,17,21). The summed E-state index contributed by atoms with van der Waals surface area (Å²) in [5.41, 5.74) is 6.14. The van der Waals surface area contributed by atoms with Crippen molar-refractivity contribution in [3.8, 4) is 5.75 Å². The van der Waals surface area contributed by atoms with E-state index in [1.54, 1.807) is 24.3 Å². The molecule has 4 nitrogen and oxygen atoms in total. The van der Waals surface area contributed by atoms with Gasteiger partial charge in [0.25, 0.3) is 0 Å². The summed E-state index contributed by atoms with van der Waals surface area (Å²) in [7, 11) is 0. The van der Waals surface area contributed by atoms with Gasteiger partial charge in [-0.3, -0.25) is 4.90 Å². The summed E-state index contributed by atoms with van der Waals surface area (Å²) in [6.07, 6.45) is -4.30. The SMILES string of the molecule is NC(=S)c1ccc(OCCN(CCO)CC(F)(F)F)cc1. The fourth-order valence-corrected chi connectivity index (χ4v) is 1.81. The Morgan fingerprint density at radius 1 is 1.24 bits per heavy atom. The number of halogens is 3. The first-order valence-corrected chi connectivity index (χ1v) is 6.65. The second-order valence-electron chi connectivity index (χ2n) is 4.35. The Morgan fingerprint density at radius 2 is 1.86 bits per heavy atom. The minimum Gasteiger partial charge on any atom is -0.492 e. The molecule has 1 aromatic rings. The molecule has 0 aliphatic carbocycles. The van der Waals surface area contributed by atoms with E-state index in [0.29, 0.717) is 11.3 Å². The lowest BCUT2D eigenvalue weighted by atomic mass is 10.2. The number of hydrogen-bond acceptors (Lipinski definition) is 4. The average molecular weight is 322 g/mol. The summed E-state index contributed by atoms with van der Waals surface area (Å²) in [5, 5.41) is 8.76. The number of nitrogens with two attached hydrogens (primary N) is 1. The largest absolute Gasteiger partial charge is 0.492 e. The number of nitrogens with zero attached hydrogens (tertiary/aromatic N) is 1. The van der Waals surface area contributed by atoms with Gasteiger partial charge >= 0.3 is 6.18 Å². The molecule has 0 bridgehead atoms. The van der Waals surface area contributed by atoms with Crippen LogP contribution in [0.3, 0.4) is 0 Å². The summed E-state index contributed by atoms with van der Waals surface area (Å²) < 4.78 is 42.3. The van der Waals surface area contributed by atoms with Gasteiger partial charge in [-0.1, -0.05) is 12.2 Å². The van der Waals surface area contributed by atoms with Crippen molar-refractivity contribution in [3.05, 3.63) is 29.8 Å². The fraction of sp³-hybridized carbons (Fsp3) is 0.462. The molecule has 0 aliphatic heterocycles. The molecule has 0 aromatic heterocycles. The number of rotatable bonds is 8. The molecule has 0 aliphatic rings. The van der Waals surface area contributed by atoms with Crippen LogP contribution in [0.25, 0.3) is 0 Å². The molecule has 1 aromatic carbocycles. The molecule has 0 saturated heterocycles. The van der Waals surface area contributed by atoms with Gasteiger partial charge in [0.1, 0.15) is 17.3 Å². The van der Waals surface area contributed by atoms with Gasteiger partial charge in [0.2, 0.25) is 0 Å². The zero-order valence-electron chi connectivity index (χ0n) is 11.3. The zero-order valence-corrected chi connectivity index (χ0v) is 12.1. The lowest BCUT2D eigenvalue weighted by Gasteiger charge is -2.22. The van der Waals surface area contributed by atoms with E-state index in [2.05, 4.69) is 0 Å². The molecular weight excluding hydrogens is 305 g/mol. The average Bonchev–Trinajstić information content (AvgIpc) is 2.37. The summed E-state index contributed by atoms with van der Waals surface area (Å²) in [4.78, 5) is 1.35. The van der Waals surface area contributed by atoms with E-state index in [4.69, 9.17) is 27.8 Å². The van der Waals surface area contributed by atoms with E-state index in [1.165, 1.54) is 0 Å². The number of hydrogen-bond donors (Lipinski definition) is 2. The van der Waals surface area contributed by atoms with Gasteiger partial charge in [0.15, 0.2) is 0 Å². The third-order valence-electron chi connectivity index (χ3n) is 2.63. The van der Waals surface area contributed by atoms with E-state index >= 15 is 0 Å². The number of benzene rings is 1. The van der Waals surface area contributed by atoms with Gasteiger partial charge in [0, 0.05) is 18.7 Å². The smallest absolute Gasteiger partial charge is 0.401 e. The molecule has 0 atom stereocenters. The van der Waals surface area contributed by atoms with E-state index in [-0.39, 0.29) is 31.3 Å². The molecular formula is C13H17F3N2O2S. The van der Waals surface area contributed by atoms with Crippen molar-refractivity contribution >= 4 is 17.2 Å². The van der Waals surface area contributed by atoms with Crippen LogP contribution in [0.1, 0.15) is 5.56 Å². The molecule has 21 heavy (non-hydrogen) atoms. The van der Waals surface area contributed by atoms with Crippen molar-refractivity contribution in [2.24, 2.45) is 5.73 Å². The summed E-state index contributed by atoms with van der Waals surface area (Å²) >= 11 is 4.81. The van der Waals surface area contributed by atoms with Gasteiger partial charge < -0.3 is 15.6 Å². The second kappa shape index (κ2) is 8.16. The predicted molar refractivity (Wildman–Crippen MR) is 77.4 cm³/mol. The molecule has 0 fully saturated rings. The highest BCUT2D eigenvalue weighted by atomic mass is 32.1. The van der Waals surface area contributed by atoms with Crippen LogP contribution in [-0.2, 0) is 0 Å². The third-order valence-corrected chi connectivity index (χ3v) is 2.87. The molecule has 0 spiro atoms. The number of alkyl halides is 3.